The number of hydrogen-bond donors (Lipinski definition) is 2. The number of aliphatic carboxylic acids is 1. The summed E-state index contributed by atoms with van der Waals surface area (Å²) < 4.78 is 0. The number of carboxylic acid groups (broad SMARTS) is 1. The third-order valence-electron chi connectivity index (χ3n) is 1.51. The molecule has 0 aliphatic rings. The highest BCUT2D eigenvalue weighted by atomic mass is 35.5. The van der Waals surface area contributed by atoms with Crippen molar-refractivity contribution >= 4 is 29.2 Å². The molecule has 0 aliphatic heterocycles. The number of halogens is 2. The Bertz CT molecular complexity index is 321. The number of benzene rings is 1. The van der Waals surface area contributed by atoms with E-state index in [1.165, 1.54) is 18.2 Å². The zero-order valence-corrected chi connectivity index (χ0v) is 8.01. The highest BCUT2D eigenvalue weighted by Crippen LogP contribution is 2.22. The van der Waals surface area contributed by atoms with E-state index in [9.17, 15) is 4.79 Å². The number of rotatable bonds is 2. The zero-order chi connectivity index (χ0) is 10.0. The van der Waals surface area contributed by atoms with Gasteiger partial charge in [0.1, 0.15) is 6.04 Å². The second-order valence-electron chi connectivity index (χ2n) is 2.52. The second kappa shape index (κ2) is 3.96. The van der Waals surface area contributed by atoms with E-state index in [-0.39, 0.29) is 0 Å². The van der Waals surface area contributed by atoms with Crippen LogP contribution in [0, 0.1) is 0 Å². The highest BCUT2D eigenvalue weighted by Gasteiger charge is 2.14. The molecule has 0 saturated carbocycles. The van der Waals surface area contributed by atoms with Crippen LogP contribution >= 0.6 is 23.2 Å². The summed E-state index contributed by atoms with van der Waals surface area (Å²) in [6.07, 6.45) is 0. The van der Waals surface area contributed by atoms with E-state index in [0.717, 1.165) is 0 Å². The molecule has 0 spiro atoms. The Morgan fingerprint density at radius 3 is 2.15 bits per heavy atom. The van der Waals surface area contributed by atoms with E-state index >= 15 is 0 Å². The van der Waals surface area contributed by atoms with Crippen molar-refractivity contribution in [1.29, 1.82) is 0 Å². The van der Waals surface area contributed by atoms with Crippen LogP contribution in [0.15, 0.2) is 18.2 Å². The van der Waals surface area contributed by atoms with Gasteiger partial charge in [-0.05, 0) is 23.8 Å². The summed E-state index contributed by atoms with van der Waals surface area (Å²) >= 11 is 11.3. The lowest BCUT2D eigenvalue weighted by molar-refractivity contribution is -0.138. The van der Waals surface area contributed by atoms with Crippen molar-refractivity contribution in [2.24, 2.45) is 5.73 Å². The molecule has 0 bridgehead atoms. The normalized spacial score (nSPS) is 12.5. The number of hydrogen-bond acceptors (Lipinski definition) is 2. The van der Waals surface area contributed by atoms with E-state index in [1.807, 2.05) is 0 Å². The van der Waals surface area contributed by atoms with Crippen molar-refractivity contribution in [1.82, 2.24) is 0 Å². The fourth-order valence-electron chi connectivity index (χ4n) is 0.897. The van der Waals surface area contributed by atoms with Gasteiger partial charge < -0.3 is 10.8 Å². The van der Waals surface area contributed by atoms with Crippen molar-refractivity contribution < 1.29 is 9.90 Å². The minimum Gasteiger partial charge on any atom is -0.480 e. The molecule has 3 N–H and O–H groups in total. The molecule has 0 radical (unpaired) electrons. The number of nitrogens with two attached hydrogens (primary N) is 1. The molecule has 5 heteroatoms. The Morgan fingerprint density at radius 2 is 1.77 bits per heavy atom. The summed E-state index contributed by atoms with van der Waals surface area (Å²) in [5, 5.41) is 9.35. The monoisotopic (exact) mass is 219 g/mol. The summed E-state index contributed by atoms with van der Waals surface area (Å²) in [6, 6.07) is 3.38. The minimum absolute atomic E-state index is 0.374. The van der Waals surface area contributed by atoms with Gasteiger partial charge in [-0.2, -0.15) is 0 Å². The first-order valence-corrected chi connectivity index (χ1v) is 4.20. The number of carboxylic acids is 1. The van der Waals surface area contributed by atoms with Crippen LogP contribution in [0.3, 0.4) is 0 Å². The van der Waals surface area contributed by atoms with Crippen LogP contribution < -0.4 is 5.73 Å². The predicted octanol–water partition coefficient (Wildman–Crippen LogP) is 2.08. The van der Waals surface area contributed by atoms with Crippen molar-refractivity contribution in [2.45, 2.75) is 6.04 Å². The van der Waals surface area contributed by atoms with Crippen LogP contribution in [0.5, 0.6) is 0 Å². The van der Waals surface area contributed by atoms with Crippen molar-refractivity contribution in [2.75, 3.05) is 0 Å². The fraction of sp³-hybridized carbons (Fsp3) is 0.125. The Kier molecular flexibility index (Phi) is 3.14. The largest absolute Gasteiger partial charge is 0.480 e. The molecule has 70 valence electrons. The zero-order valence-electron chi connectivity index (χ0n) is 6.50. The third-order valence-corrected chi connectivity index (χ3v) is 1.95. The van der Waals surface area contributed by atoms with Gasteiger partial charge in [-0.3, -0.25) is 4.79 Å². The maximum Gasteiger partial charge on any atom is 0.325 e. The average molecular weight is 220 g/mol. The smallest absolute Gasteiger partial charge is 0.325 e. The van der Waals surface area contributed by atoms with Gasteiger partial charge in [0.25, 0.3) is 0 Å². The second-order valence-corrected chi connectivity index (χ2v) is 3.39. The first-order valence-electron chi connectivity index (χ1n) is 3.45. The molecule has 0 amide bonds. The van der Waals surface area contributed by atoms with Gasteiger partial charge >= 0.3 is 5.97 Å². The molecule has 0 aliphatic carbocycles. The van der Waals surface area contributed by atoms with E-state index in [1.54, 1.807) is 0 Å². The quantitative estimate of drug-likeness (QED) is 0.801. The first kappa shape index (κ1) is 10.3. The number of carbonyl (C=O) groups is 1. The van der Waals surface area contributed by atoms with Gasteiger partial charge in [0.15, 0.2) is 0 Å². The summed E-state index contributed by atoms with van der Waals surface area (Å²) in [5.74, 6) is -1.11. The summed E-state index contributed by atoms with van der Waals surface area (Å²) in [5.41, 5.74) is 5.75. The van der Waals surface area contributed by atoms with Gasteiger partial charge in [-0.1, -0.05) is 23.2 Å². The average Bonchev–Trinajstić information content (AvgIpc) is 2.01. The van der Waals surface area contributed by atoms with Crippen LogP contribution in [0.25, 0.3) is 0 Å². The maximum atomic E-state index is 10.5. The molecule has 1 atom stereocenters. The summed E-state index contributed by atoms with van der Waals surface area (Å²) in [6.45, 7) is 0. The van der Waals surface area contributed by atoms with Crippen LogP contribution in [-0.4, -0.2) is 11.1 Å². The Hall–Kier alpha value is -0.770. The molecule has 0 saturated heterocycles. The summed E-state index contributed by atoms with van der Waals surface area (Å²) in [4.78, 5) is 10.5. The van der Waals surface area contributed by atoms with Gasteiger partial charge in [0.05, 0.1) is 0 Å². The van der Waals surface area contributed by atoms with Crippen LogP contribution in [0.4, 0.5) is 0 Å². The molecular weight excluding hydrogens is 213 g/mol. The molecule has 0 aromatic heterocycles. The lowest BCUT2D eigenvalue weighted by Crippen LogP contribution is -2.20. The topological polar surface area (TPSA) is 63.3 Å². The Morgan fingerprint density at radius 1 is 1.31 bits per heavy atom. The molecule has 1 aromatic carbocycles. The molecule has 1 aromatic rings. The molecular formula is C8H7Cl2NO2. The van der Waals surface area contributed by atoms with Crippen LogP contribution in [0.2, 0.25) is 10.0 Å². The fourth-order valence-corrected chi connectivity index (χ4v) is 1.44. The highest BCUT2D eigenvalue weighted by molar-refractivity contribution is 6.34. The Labute approximate surface area is 85.1 Å². The van der Waals surface area contributed by atoms with Gasteiger partial charge in [-0.15, -0.1) is 0 Å². The van der Waals surface area contributed by atoms with Crippen LogP contribution in [-0.2, 0) is 4.79 Å². The summed E-state index contributed by atoms with van der Waals surface area (Å²) in [7, 11) is 0. The van der Waals surface area contributed by atoms with Gasteiger partial charge in [0.2, 0.25) is 0 Å². The standard InChI is InChI=1S/C8H7Cl2NO2/c9-5-1-4(2-6(10)3-5)7(11)8(12)13/h1-3,7H,11H2,(H,12,13)/t7-/m0/s1. The van der Waals surface area contributed by atoms with Crippen molar-refractivity contribution in [3.05, 3.63) is 33.8 Å². The maximum absolute atomic E-state index is 10.5. The van der Waals surface area contributed by atoms with E-state index < -0.39 is 12.0 Å². The lowest BCUT2D eigenvalue weighted by Gasteiger charge is -2.07. The molecule has 0 unspecified atom stereocenters. The predicted molar refractivity (Wildman–Crippen MR) is 51.0 cm³/mol. The van der Waals surface area contributed by atoms with E-state index in [4.69, 9.17) is 34.0 Å². The van der Waals surface area contributed by atoms with E-state index in [2.05, 4.69) is 0 Å². The minimum atomic E-state index is -1.11. The van der Waals surface area contributed by atoms with Gasteiger partial charge in [-0.25, -0.2) is 0 Å². The molecule has 0 fully saturated rings. The molecule has 0 heterocycles. The van der Waals surface area contributed by atoms with E-state index in [0.29, 0.717) is 15.6 Å². The van der Waals surface area contributed by atoms with Gasteiger partial charge in [0, 0.05) is 10.0 Å². The Balaban J connectivity index is 3.07. The van der Waals surface area contributed by atoms with Crippen molar-refractivity contribution in [3.8, 4) is 0 Å². The third kappa shape index (κ3) is 2.59. The first-order chi connectivity index (χ1) is 6.00. The molecule has 1 rings (SSSR count). The van der Waals surface area contributed by atoms with Crippen molar-refractivity contribution in [3.63, 3.8) is 0 Å². The lowest BCUT2D eigenvalue weighted by atomic mass is 10.1. The van der Waals surface area contributed by atoms with Crippen LogP contribution in [0.1, 0.15) is 11.6 Å². The SMILES string of the molecule is N[C@H](C(=O)O)c1cc(Cl)cc(Cl)c1. The molecule has 13 heavy (non-hydrogen) atoms. The molecule has 3 nitrogen and oxygen atoms in total.